The number of nitrogens with one attached hydrogen (secondary N) is 1. The fourth-order valence-corrected chi connectivity index (χ4v) is 3.39. The highest BCUT2D eigenvalue weighted by atomic mass is 19.1. The molecule has 0 aliphatic heterocycles. The molecule has 4 rings (SSSR count). The van der Waals surface area contributed by atoms with Crippen LogP contribution in [0, 0.1) is 21.7 Å². The minimum Gasteiger partial charge on any atom is -0.497 e. The molecule has 0 radical (unpaired) electrons. The summed E-state index contributed by atoms with van der Waals surface area (Å²) in [5, 5.41) is 12.2. The quantitative estimate of drug-likeness (QED) is 0.353. The van der Waals surface area contributed by atoms with E-state index in [2.05, 4.69) is 4.98 Å². The van der Waals surface area contributed by atoms with Crippen molar-refractivity contribution in [2.45, 2.75) is 6.42 Å². The molecular weight excluding hydrogens is 378 g/mol. The molecule has 0 spiro atoms. The molecule has 29 heavy (non-hydrogen) atoms. The van der Waals surface area contributed by atoms with Crippen molar-refractivity contribution in [3.05, 3.63) is 93.5 Å². The molecule has 0 aliphatic carbocycles. The highest BCUT2D eigenvalue weighted by molar-refractivity contribution is 5.86. The molecule has 0 bridgehead atoms. The molecule has 1 aromatic heterocycles. The zero-order valence-corrected chi connectivity index (χ0v) is 15.4. The number of fused-ring (bicyclic) bond motifs is 1. The van der Waals surface area contributed by atoms with E-state index < -0.39 is 16.6 Å². The Balaban J connectivity index is 1.71. The van der Waals surface area contributed by atoms with Crippen molar-refractivity contribution < 1.29 is 18.4 Å². The van der Waals surface area contributed by atoms with Crippen LogP contribution < -0.4 is 4.74 Å². The van der Waals surface area contributed by atoms with Crippen LogP contribution in [0.2, 0.25) is 0 Å². The first-order valence-corrected chi connectivity index (χ1v) is 8.83. The van der Waals surface area contributed by atoms with Crippen LogP contribution in [-0.2, 0) is 6.42 Å². The van der Waals surface area contributed by atoms with Crippen LogP contribution in [0.1, 0.15) is 11.1 Å². The molecular formula is C22H16F2N2O3. The van der Waals surface area contributed by atoms with E-state index in [4.69, 9.17) is 4.74 Å². The van der Waals surface area contributed by atoms with E-state index in [0.29, 0.717) is 23.4 Å². The molecule has 0 saturated carbocycles. The molecule has 0 aliphatic rings. The second-order valence-electron chi connectivity index (χ2n) is 6.63. The molecule has 0 atom stereocenters. The minimum absolute atomic E-state index is 0.0207. The number of nitrogens with zero attached hydrogens (tertiary/aromatic N) is 1. The summed E-state index contributed by atoms with van der Waals surface area (Å²) in [7, 11) is 1.45. The number of aromatic nitrogens is 1. The number of hydrogen-bond acceptors (Lipinski definition) is 3. The smallest absolute Gasteiger partial charge is 0.276 e. The average Bonchev–Trinajstić information content (AvgIpc) is 3.10. The Morgan fingerprint density at radius 3 is 2.48 bits per heavy atom. The van der Waals surface area contributed by atoms with Crippen molar-refractivity contribution in [1.29, 1.82) is 0 Å². The topological polar surface area (TPSA) is 68.2 Å². The van der Waals surface area contributed by atoms with E-state index in [1.54, 1.807) is 24.3 Å². The first-order valence-electron chi connectivity index (χ1n) is 8.83. The van der Waals surface area contributed by atoms with Gasteiger partial charge in [0, 0.05) is 22.9 Å². The van der Waals surface area contributed by atoms with Crippen molar-refractivity contribution in [2.75, 3.05) is 7.11 Å². The Morgan fingerprint density at radius 1 is 1.03 bits per heavy atom. The maximum atomic E-state index is 14.1. The average molecular weight is 394 g/mol. The third kappa shape index (κ3) is 3.54. The molecule has 5 nitrogen and oxygen atoms in total. The van der Waals surface area contributed by atoms with E-state index in [1.165, 1.54) is 31.4 Å². The first-order chi connectivity index (χ1) is 14.0. The van der Waals surface area contributed by atoms with Gasteiger partial charge in [-0.2, -0.15) is 0 Å². The van der Waals surface area contributed by atoms with Crippen molar-refractivity contribution in [2.24, 2.45) is 0 Å². The highest BCUT2D eigenvalue weighted by Gasteiger charge is 2.17. The Labute approximate surface area is 164 Å². The summed E-state index contributed by atoms with van der Waals surface area (Å²) in [5.74, 6) is -0.880. The lowest BCUT2D eigenvalue weighted by molar-refractivity contribution is -0.385. The van der Waals surface area contributed by atoms with Crippen LogP contribution in [0.5, 0.6) is 5.75 Å². The zero-order valence-electron chi connectivity index (χ0n) is 15.4. The zero-order chi connectivity index (χ0) is 20.5. The summed E-state index contributed by atoms with van der Waals surface area (Å²) in [5.41, 5.74) is 2.30. The Kier molecular flexibility index (Phi) is 4.72. The number of methoxy groups -OCH3 is 1. The molecule has 4 aromatic rings. The largest absolute Gasteiger partial charge is 0.497 e. The standard InChI is InChI=1S/C22H16F2N2O3/c1-29-16-7-6-14(21(12-16)26(27)28)9-13-5-8-19-15(10-13)11-20(25-19)22-17(23)3-2-4-18(22)24/h2-8,10-12,25H,9H2,1H3. The van der Waals surface area contributed by atoms with E-state index in [0.717, 1.165) is 16.5 Å². The van der Waals surface area contributed by atoms with Gasteiger partial charge >= 0.3 is 0 Å². The lowest BCUT2D eigenvalue weighted by Crippen LogP contribution is -1.97. The van der Waals surface area contributed by atoms with Crippen molar-refractivity contribution in [3.63, 3.8) is 0 Å². The van der Waals surface area contributed by atoms with Crippen LogP contribution in [0.25, 0.3) is 22.2 Å². The molecule has 1 N–H and O–H groups in total. The molecule has 0 fully saturated rings. The summed E-state index contributed by atoms with van der Waals surface area (Å²) >= 11 is 0. The maximum absolute atomic E-state index is 14.1. The van der Waals surface area contributed by atoms with E-state index in [-0.39, 0.29) is 11.3 Å². The van der Waals surface area contributed by atoms with Crippen LogP contribution in [0.4, 0.5) is 14.5 Å². The number of H-pyrrole nitrogens is 1. The third-order valence-electron chi connectivity index (χ3n) is 4.80. The Morgan fingerprint density at radius 2 is 1.79 bits per heavy atom. The number of hydrogen-bond donors (Lipinski definition) is 1. The van der Waals surface area contributed by atoms with Gasteiger partial charge in [-0.25, -0.2) is 8.78 Å². The molecule has 3 aromatic carbocycles. The number of halogens is 2. The Bertz CT molecular complexity index is 1210. The normalized spacial score (nSPS) is 11.0. The van der Waals surface area contributed by atoms with Crippen LogP contribution >= 0.6 is 0 Å². The summed E-state index contributed by atoms with van der Waals surface area (Å²) in [4.78, 5) is 14.0. The van der Waals surface area contributed by atoms with Gasteiger partial charge in [-0.15, -0.1) is 0 Å². The van der Waals surface area contributed by atoms with Gasteiger partial charge in [0.25, 0.3) is 5.69 Å². The fraction of sp³-hybridized carbons (Fsp3) is 0.0909. The molecule has 0 saturated heterocycles. The number of aromatic amines is 1. The van der Waals surface area contributed by atoms with Crippen LogP contribution in [-0.4, -0.2) is 17.0 Å². The second kappa shape index (κ2) is 7.35. The summed E-state index contributed by atoms with van der Waals surface area (Å²) in [6.45, 7) is 0. The van der Waals surface area contributed by atoms with E-state index >= 15 is 0 Å². The molecule has 146 valence electrons. The number of ether oxygens (including phenoxy) is 1. The van der Waals surface area contributed by atoms with Crippen molar-refractivity contribution in [3.8, 4) is 17.0 Å². The van der Waals surface area contributed by atoms with Gasteiger partial charge in [0.2, 0.25) is 0 Å². The number of nitro groups is 1. The number of rotatable bonds is 5. The van der Waals surface area contributed by atoms with Gasteiger partial charge in [0.05, 0.1) is 29.4 Å². The fourth-order valence-electron chi connectivity index (χ4n) is 3.39. The second-order valence-corrected chi connectivity index (χ2v) is 6.63. The van der Waals surface area contributed by atoms with Crippen LogP contribution in [0.15, 0.2) is 60.7 Å². The van der Waals surface area contributed by atoms with Gasteiger partial charge < -0.3 is 9.72 Å². The highest BCUT2D eigenvalue weighted by Crippen LogP contribution is 2.31. The number of nitro benzene ring substituents is 1. The third-order valence-corrected chi connectivity index (χ3v) is 4.80. The van der Waals surface area contributed by atoms with E-state index in [9.17, 15) is 18.9 Å². The van der Waals surface area contributed by atoms with Gasteiger partial charge in [-0.1, -0.05) is 12.1 Å². The first kappa shape index (κ1) is 18.6. The summed E-state index contributed by atoms with van der Waals surface area (Å²) < 4.78 is 33.2. The number of benzene rings is 3. The predicted octanol–water partition coefficient (Wildman–Crippen LogP) is 5.62. The summed E-state index contributed by atoms with van der Waals surface area (Å²) in [6.07, 6.45) is 0.338. The van der Waals surface area contributed by atoms with Gasteiger partial charge in [0.1, 0.15) is 17.4 Å². The Hall–Kier alpha value is -3.74. The maximum Gasteiger partial charge on any atom is 0.276 e. The van der Waals surface area contributed by atoms with Gasteiger partial charge in [-0.3, -0.25) is 10.1 Å². The van der Waals surface area contributed by atoms with Crippen LogP contribution in [0.3, 0.4) is 0 Å². The molecule has 7 heteroatoms. The monoisotopic (exact) mass is 394 g/mol. The minimum atomic E-state index is -0.648. The van der Waals surface area contributed by atoms with Gasteiger partial charge in [0.15, 0.2) is 0 Å². The predicted molar refractivity (Wildman–Crippen MR) is 106 cm³/mol. The van der Waals surface area contributed by atoms with Gasteiger partial charge in [-0.05, 0) is 48.0 Å². The van der Waals surface area contributed by atoms with Crippen molar-refractivity contribution in [1.82, 2.24) is 4.98 Å². The lowest BCUT2D eigenvalue weighted by Gasteiger charge is -2.06. The molecule has 1 heterocycles. The van der Waals surface area contributed by atoms with E-state index in [1.807, 2.05) is 12.1 Å². The lowest BCUT2D eigenvalue weighted by atomic mass is 10.0. The summed E-state index contributed by atoms with van der Waals surface area (Å²) in [6, 6.07) is 15.6. The van der Waals surface area contributed by atoms with Crippen molar-refractivity contribution >= 4 is 16.6 Å². The SMILES string of the molecule is COc1ccc(Cc2ccc3[nH]c(-c4c(F)cccc4F)cc3c2)c([N+](=O)[O-])c1. The molecule has 0 unspecified atom stereocenters. The molecule has 0 amide bonds.